The van der Waals surface area contributed by atoms with Crippen molar-refractivity contribution in [1.82, 2.24) is 0 Å². The summed E-state index contributed by atoms with van der Waals surface area (Å²) >= 11 is 0. The van der Waals surface area contributed by atoms with Gasteiger partial charge < -0.3 is 0 Å². The first-order valence-corrected chi connectivity index (χ1v) is 7.54. The van der Waals surface area contributed by atoms with Crippen molar-refractivity contribution in [3.63, 3.8) is 0 Å². The van der Waals surface area contributed by atoms with Crippen LogP contribution in [0, 0.1) is 35.5 Å². The third kappa shape index (κ3) is 3.02. The van der Waals surface area contributed by atoms with Crippen LogP contribution >= 0.6 is 0 Å². The maximum atomic E-state index is 2.47. The predicted octanol–water partition coefficient (Wildman–Crippen LogP) is 5.13. The average Bonchev–Trinajstić information content (AvgIpc) is 2.14. The molecule has 2 aliphatic rings. The van der Waals surface area contributed by atoms with Gasteiger partial charge in [-0.15, -0.1) is 0 Å². The molecule has 0 aromatic rings. The zero-order valence-electron chi connectivity index (χ0n) is 11.7. The van der Waals surface area contributed by atoms with Gasteiger partial charge in [0.25, 0.3) is 0 Å². The molecule has 0 aliphatic heterocycles. The second-order valence-electron chi connectivity index (χ2n) is 7.36. The molecule has 4 unspecified atom stereocenters. The fraction of sp³-hybridized carbons (Fsp3) is 1.00. The van der Waals surface area contributed by atoms with Crippen molar-refractivity contribution in [2.24, 2.45) is 35.5 Å². The summed E-state index contributed by atoms with van der Waals surface area (Å²) in [5.41, 5.74) is 0. The van der Waals surface area contributed by atoms with Crippen molar-refractivity contribution >= 4 is 0 Å². The van der Waals surface area contributed by atoms with E-state index in [4.69, 9.17) is 0 Å². The van der Waals surface area contributed by atoms with Gasteiger partial charge in [-0.2, -0.15) is 0 Å². The van der Waals surface area contributed by atoms with E-state index in [0.29, 0.717) is 0 Å². The molecule has 0 aromatic heterocycles. The Balaban J connectivity index is 1.95. The van der Waals surface area contributed by atoms with Crippen LogP contribution in [0.15, 0.2) is 0 Å². The second kappa shape index (κ2) is 5.10. The quantitative estimate of drug-likeness (QED) is 0.577. The molecule has 0 bridgehead atoms. The van der Waals surface area contributed by atoms with Crippen LogP contribution in [0.25, 0.3) is 0 Å². The Kier molecular flexibility index (Phi) is 3.97. The third-order valence-corrected chi connectivity index (χ3v) is 5.10. The molecular formula is C16H30. The molecule has 2 rings (SSSR count). The van der Waals surface area contributed by atoms with Gasteiger partial charge in [-0.1, -0.05) is 27.7 Å². The normalized spacial score (nSPS) is 50.2. The largest absolute Gasteiger partial charge is 0.0625 e. The van der Waals surface area contributed by atoms with E-state index in [0.717, 1.165) is 35.5 Å². The van der Waals surface area contributed by atoms with Crippen LogP contribution in [-0.2, 0) is 0 Å². The minimum Gasteiger partial charge on any atom is -0.0625 e. The van der Waals surface area contributed by atoms with Crippen LogP contribution in [-0.4, -0.2) is 0 Å². The van der Waals surface area contributed by atoms with Gasteiger partial charge >= 0.3 is 0 Å². The first-order valence-electron chi connectivity index (χ1n) is 7.54. The van der Waals surface area contributed by atoms with Gasteiger partial charge in [0, 0.05) is 0 Å². The lowest BCUT2D eigenvalue weighted by molar-refractivity contribution is 0.0957. The summed E-state index contributed by atoms with van der Waals surface area (Å²) in [4.78, 5) is 0. The first kappa shape index (κ1) is 12.5. The molecule has 0 aromatic carbocycles. The van der Waals surface area contributed by atoms with Crippen LogP contribution in [0.5, 0.6) is 0 Å². The van der Waals surface area contributed by atoms with Crippen molar-refractivity contribution in [2.45, 2.75) is 66.2 Å². The van der Waals surface area contributed by atoms with Crippen molar-refractivity contribution in [3.05, 3.63) is 0 Å². The lowest BCUT2D eigenvalue weighted by Gasteiger charge is -2.41. The lowest BCUT2D eigenvalue weighted by Crippen LogP contribution is -2.31. The number of rotatable bonds is 1. The smallest absolute Gasteiger partial charge is 0.0381 e. The molecule has 0 nitrogen and oxygen atoms in total. The topological polar surface area (TPSA) is 0 Å². The van der Waals surface area contributed by atoms with Gasteiger partial charge in [0.1, 0.15) is 0 Å². The molecule has 4 atom stereocenters. The van der Waals surface area contributed by atoms with Gasteiger partial charge in [0.15, 0.2) is 0 Å². The van der Waals surface area contributed by atoms with Gasteiger partial charge in [-0.05, 0) is 74.0 Å². The Morgan fingerprint density at radius 1 is 0.438 bits per heavy atom. The van der Waals surface area contributed by atoms with E-state index in [-0.39, 0.29) is 0 Å². The Morgan fingerprint density at radius 3 is 0.938 bits per heavy atom. The molecule has 0 N–H and O–H groups in total. The van der Waals surface area contributed by atoms with E-state index in [1.165, 1.54) is 38.5 Å². The minimum absolute atomic E-state index is 0.987. The highest BCUT2D eigenvalue weighted by Gasteiger charge is 2.33. The predicted molar refractivity (Wildman–Crippen MR) is 71.3 cm³/mol. The molecular weight excluding hydrogens is 192 g/mol. The van der Waals surface area contributed by atoms with Gasteiger partial charge in [0.2, 0.25) is 0 Å². The van der Waals surface area contributed by atoms with Crippen LogP contribution < -0.4 is 0 Å². The highest BCUT2D eigenvalue weighted by molar-refractivity contribution is 4.84. The molecule has 16 heavy (non-hydrogen) atoms. The van der Waals surface area contributed by atoms with E-state index in [1.807, 2.05) is 0 Å². The standard InChI is InChI=1S/C16H30/c1-11-5-12(2)8-15(7-11)16-9-13(3)6-14(4)10-16/h11-16H,5-10H2,1-4H3. The number of hydrogen-bond donors (Lipinski definition) is 0. The summed E-state index contributed by atoms with van der Waals surface area (Å²) < 4.78 is 0. The first-order chi connectivity index (χ1) is 7.54. The lowest BCUT2D eigenvalue weighted by atomic mass is 9.64. The summed E-state index contributed by atoms with van der Waals surface area (Å²) in [7, 11) is 0. The molecule has 0 spiro atoms. The zero-order valence-corrected chi connectivity index (χ0v) is 11.7. The van der Waals surface area contributed by atoms with Crippen LogP contribution in [0.1, 0.15) is 66.2 Å². The maximum absolute atomic E-state index is 2.47. The number of hydrogen-bond acceptors (Lipinski definition) is 0. The van der Waals surface area contributed by atoms with E-state index in [9.17, 15) is 0 Å². The maximum Gasteiger partial charge on any atom is -0.0381 e. The van der Waals surface area contributed by atoms with Gasteiger partial charge in [-0.3, -0.25) is 0 Å². The van der Waals surface area contributed by atoms with Gasteiger partial charge in [-0.25, -0.2) is 0 Å². The molecule has 2 fully saturated rings. The fourth-order valence-corrected chi connectivity index (χ4v) is 4.79. The third-order valence-electron chi connectivity index (χ3n) is 5.10. The molecule has 0 amide bonds. The van der Waals surface area contributed by atoms with E-state index in [2.05, 4.69) is 27.7 Å². The van der Waals surface area contributed by atoms with Crippen LogP contribution in [0.3, 0.4) is 0 Å². The summed E-state index contributed by atoms with van der Waals surface area (Å²) in [6.45, 7) is 9.88. The molecule has 0 heteroatoms. The molecule has 2 saturated carbocycles. The van der Waals surface area contributed by atoms with Crippen molar-refractivity contribution in [1.29, 1.82) is 0 Å². The van der Waals surface area contributed by atoms with Crippen molar-refractivity contribution < 1.29 is 0 Å². The Morgan fingerprint density at radius 2 is 0.688 bits per heavy atom. The molecule has 0 heterocycles. The summed E-state index contributed by atoms with van der Waals surface area (Å²) in [5.74, 6) is 6.07. The van der Waals surface area contributed by atoms with E-state index < -0.39 is 0 Å². The minimum atomic E-state index is 0.987. The second-order valence-corrected chi connectivity index (χ2v) is 7.36. The average molecular weight is 222 g/mol. The molecule has 94 valence electrons. The Labute approximate surface area is 102 Å². The Bertz CT molecular complexity index is 176. The van der Waals surface area contributed by atoms with Gasteiger partial charge in [0.05, 0.1) is 0 Å². The summed E-state index contributed by atoms with van der Waals surface area (Å²) in [6.07, 6.45) is 9.05. The monoisotopic (exact) mass is 222 g/mol. The fourth-order valence-electron chi connectivity index (χ4n) is 4.79. The zero-order chi connectivity index (χ0) is 11.7. The van der Waals surface area contributed by atoms with Crippen molar-refractivity contribution in [3.8, 4) is 0 Å². The van der Waals surface area contributed by atoms with Crippen LogP contribution in [0.4, 0.5) is 0 Å². The SMILES string of the molecule is CC1CC(C)CC(C2CC(C)CC(C)C2)C1. The van der Waals surface area contributed by atoms with E-state index in [1.54, 1.807) is 0 Å². The van der Waals surface area contributed by atoms with Crippen molar-refractivity contribution in [2.75, 3.05) is 0 Å². The molecule has 0 saturated heterocycles. The van der Waals surface area contributed by atoms with Crippen LogP contribution in [0.2, 0.25) is 0 Å². The Hall–Kier alpha value is 0. The summed E-state index contributed by atoms with van der Waals surface area (Å²) in [5, 5.41) is 0. The van der Waals surface area contributed by atoms with E-state index >= 15 is 0 Å². The molecule has 2 aliphatic carbocycles. The highest BCUT2D eigenvalue weighted by atomic mass is 14.4. The summed E-state index contributed by atoms with van der Waals surface area (Å²) in [6, 6.07) is 0. The highest BCUT2D eigenvalue weighted by Crippen LogP contribution is 2.44. The molecule has 0 radical (unpaired) electrons.